The van der Waals surface area contributed by atoms with Crippen LogP contribution in [0.1, 0.15) is 36.5 Å². The largest absolute Gasteiger partial charge is 0.497 e. The summed E-state index contributed by atoms with van der Waals surface area (Å²) in [7, 11) is 3.15. The maximum Gasteiger partial charge on any atom is 0.277 e. The summed E-state index contributed by atoms with van der Waals surface area (Å²) in [6.07, 6.45) is 1.50. The van der Waals surface area contributed by atoms with Crippen molar-refractivity contribution in [2.45, 2.75) is 26.7 Å². The summed E-state index contributed by atoms with van der Waals surface area (Å²) in [6.45, 7) is 6.06. The second-order valence-electron chi connectivity index (χ2n) is 6.37. The van der Waals surface area contributed by atoms with E-state index in [-0.39, 0.29) is 12.5 Å². The van der Waals surface area contributed by atoms with Crippen LogP contribution in [0, 0.1) is 6.92 Å². The van der Waals surface area contributed by atoms with Gasteiger partial charge in [0.1, 0.15) is 17.2 Å². The summed E-state index contributed by atoms with van der Waals surface area (Å²) in [5.41, 5.74) is 5.30. The average molecular weight is 370 g/mol. The second kappa shape index (κ2) is 9.62. The molecule has 6 nitrogen and oxygen atoms in total. The monoisotopic (exact) mass is 370 g/mol. The number of carbonyl (C=O) groups is 1. The lowest BCUT2D eigenvalue weighted by molar-refractivity contribution is -0.123. The van der Waals surface area contributed by atoms with Crippen molar-refractivity contribution in [1.82, 2.24) is 5.43 Å². The van der Waals surface area contributed by atoms with Crippen LogP contribution in [-0.2, 0) is 4.79 Å². The van der Waals surface area contributed by atoms with Crippen molar-refractivity contribution >= 4 is 12.1 Å². The average Bonchev–Trinajstić information content (AvgIpc) is 2.67. The Morgan fingerprint density at radius 1 is 1.11 bits per heavy atom. The van der Waals surface area contributed by atoms with Gasteiger partial charge in [0.05, 0.1) is 20.4 Å². The fraction of sp³-hybridized carbons (Fsp3) is 0.333. The molecule has 0 saturated carbocycles. The van der Waals surface area contributed by atoms with Crippen LogP contribution in [0.3, 0.4) is 0 Å². The molecule has 6 heteroatoms. The van der Waals surface area contributed by atoms with Crippen LogP contribution < -0.4 is 19.6 Å². The van der Waals surface area contributed by atoms with E-state index < -0.39 is 0 Å². The molecule has 2 aromatic rings. The molecule has 144 valence electrons. The molecule has 2 rings (SSSR count). The third-order valence-corrected chi connectivity index (χ3v) is 4.07. The van der Waals surface area contributed by atoms with Gasteiger partial charge in [0.15, 0.2) is 6.61 Å². The number of rotatable bonds is 8. The summed E-state index contributed by atoms with van der Waals surface area (Å²) < 4.78 is 16.1. The smallest absolute Gasteiger partial charge is 0.277 e. The standard InChI is InChI=1S/C21H26N2O4/c1-14(2)16-7-6-15(3)20(11-16)27-13-21(24)23-22-12-17-10-18(25-4)8-9-19(17)26-5/h6-12,14H,13H2,1-5H3,(H,23,24). The number of ether oxygens (including phenoxy) is 3. The van der Waals surface area contributed by atoms with E-state index in [0.717, 1.165) is 5.56 Å². The molecule has 0 heterocycles. The summed E-state index contributed by atoms with van der Waals surface area (Å²) in [4.78, 5) is 12.0. The van der Waals surface area contributed by atoms with Gasteiger partial charge in [-0.3, -0.25) is 4.79 Å². The summed E-state index contributed by atoms with van der Waals surface area (Å²) in [5, 5.41) is 3.97. The van der Waals surface area contributed by atoms with Crippen molar-refractivity contribution in [1.29, 1.82) is 0 Å². The molecule has 0 spiro atoms. The van der Waals surface area contributed by atoms with Crippen molar-refractivity contribution in [3.63, 3.8) is 0 Å². The molecule has 0 aromatic heterocycles. The van der Waals surface area contributed by atoms with Crippen LogP contribution in [0.4, 0.5) is 0 Å². The first-order valence-corrected chi connectivity index (χ1v) is 8.72. The van der Waals surface area contributed by atoms with E-state index >= 15 is 0 Å². The van der Waals surface area contributed by atoms with Crippen molar-refractivity contribution in [2.24, 2.45) is 5.10 Å². The number of hydrazone groups is 1. The van der Waals surface area contributed by atoms with E-state index in [1.807, 2.05) is 19.1 Å². The first-order chi connectivity index (χ1) is 12.9. The van der Waals surface area contributed by atoms with Gasteiger partial charge in [0, 0.05) is 5.56 Å². The minimum absolute atomic E-state index is 0.116. The Kier molecular flexibility index (Phi) is 7.23. The topological polar surface area (TPSA) is 69.2 Å². The van der Waals surface area contributed by atoms with E-state index in [2.05, 4.69) is 30.4 Å². The number of aryl methyl sites for hydroxylation is 1. The second-order valence-corrected chi connectivity index (χ2v) is 6.37. The molecule has 0 aliphatic rings. The van der Waals surface area contributed by atoms with Gasteiger partial charge >= 0.3 is 0 Å². The number of hydrogen-bond acceptors (Lipinski definition) is 5. The molecule has 0 atom stereocenters. The van der Waals surface area contributed by atoms with Gasteiger partial charge in [-0.15, -0.1) is 0 Å². The maximum atomic E-state index is 12.0. The van der Waals surface area contributed by atoms with Crippen molar-refractivity contribution in [2.75, 3.05) is 20.8 Å². The highest BCUT2D eigenvalue weighted by Gasteiger charge is 2.08. The van der Waals surface area contributed by atoms with E-state index in [4.69, 9.17) is 14.2 Å². The number of nitrogens with one attached hydrogen (secondary N) is 1. The van der Waals surface area contributed by atoms with E-state index in [1.54, 1.807) is 32.4 Å². The van der Waals surface area contributed by atoms with Crippen molar-refractivity contribution < 1.29 is 19.0 Å². The van der Waals surface area contributed by atoms with Gasteiger partial charge in [-0.25, -0.2) is 5.43 Å². The lowest BCUT2D eigenvalue weighted by Crippen LogP contribution is -2.24. The molecule has 27 heavy (non-hydrogen) atoms. The van der Waals surface area contributed by atoms with Crippen LogP contribution in [0.25, 0.3) is 0 Å². The Balaban J connectivity index is 1.95. The lowest BCUT2D eigenvalue weighted by Gasteiger charge is -2.12. The maximum absolute atomic E-state index is 12.0. The number of carbonyl (C=O) groups excluding carboxylic acids is 1. The SMILES string of the molecule is COc1ccc(OC)c(C=NNC(=O)COc2cc(C(C)C)ccc2C)c1. The molecule has 0 unspecified atom stereocenters. The Bertz CT molecular complexity index is 816. The lowest BCUT2D eigenvalue weighted by atomic mass is 10.0. The van der Waals surface area contributed by atoms with Gasteiger partial charge in [0.25, 0.3) is 5.91 Å². The Morgan fingerprint density at radius 3 is 2.56 bits per heavy atom. The predicted molar refractivity (Wildman–Crippen MR) is 106 cm³/mol. The number of nitrogens with zero attached hydrogens (tertiary/aromatic N) is 1. The molecule has 1 amide bonds. The van der Waals surface area contributed by atoms with Crippen LogP contribution >= 0.6 is 0 Å². The zero-order valence-electron chi connectivity index (χ0n) is 16.4. The fourth-order valence-corrected chi connectivity index (χ4v) is 2.42. The summed E-state index contributed by atoms with van der Waals surface area (Å²) >= 11 is 0. The zero-order valence-corrected chi connectivity index (χ0v) is 16.4. The third kappa shape index (κ3) is 5.74. The van der Waals surface area contributed by atoms with E-state index in [1.165, 1.54) is 11.8 Å². The van der Waals surface area contributed by atoms with Gasteiger partial charge < -0.3 is 14.2 Å². The van der Waals surface area contributed by atoms with Crippen LogP contribution in [0.15, 0.2) is 41.5 Å². The summed E-state index contributed by atoms with van der Waals surface area (Å²) in [5.74, 6) is 2.06. The first kappa shape index (κ1) is 20.3. The number of methoxy groups -OCH3 is 2. The predicted octanol–water partition coefficient (Wildman–Crippen LogP) is 3.66. The highest BCUT2D eigenvalue weighted by atomic mass is 16.5. The summed E-state index contributed by atoms with van der Waals surface area (Å²) in [6, 6.07) is 11.4. The normalized spacial score (nSPS) is 10.9. The van der Waals surface area contributed by atoms with Gasteiger partial charge in [0.2, 0.25) is 0 Å². The van der Waals surface area contributed by atoms with Crippen LogP contribution in [0.2, 0.25) is 0 Å². The highest BCUT2D eigenvalue weighted by Crippen LogP contribution is 2.24. The fourth-order valence-electron chi connectivity index (χ4n) is 2.42. The van der Waals surface area contributed by atoms with Crippen LogP contribution in [-0.4, -0.2) is 32.9 Å². The molecule has 1 N–H and O–H groups in total. The van der Waals surface area contributed by atoms with E-state index in [9.17, 15) is 4.79 Å². The van der Waals surface area contributed by atoms with Gasteiger partial charge in [-0.05, 0) is 48.2 Å². The van der Waals surface area contributed by atoms with Gasteiger partial charge in [-0.1, -0.05) is 26.0 Å². The molecular weight excluding hydrogens is 344 g/mol. The van der Waals surface area contributed by atoms with Crippen molar-refractivity contribution in [3.05, 3.63) is 53.1 Å². The highest BCUT2D eigenvalue weighted by molar-refractivity contribution is 5.86. The third-order valence-electron chi connectivity index (χ3n) is 4.07. The number of benzene rings is 2. The minimum atomic E-state index is -0.345. The molecule has 0 aliphatic carbocycles. The Hall–Kier alpha value is -3.02. The Labute approximate surface area is 160 Å². The molecule has 0 saturated heterocycles. The molecule has 2 aromatic carbocycles. The molecule has 0 fully saturated rings. The van der Waals surface area contributed by atoms with Gasteiger partial charge in [-0.2, -0.15) is 5.10 Å². The Morgan fingerprint density at radius 2 is 1.89 bits per heavy atom. The first-order valence-electron chi connectivity index (χ1n) is 8.72. The molecule has 0 bridgehead atoms. The van der Waals surface area contributed by atoms with E-state index in [0.29, 0.717) is 28.7 Å². The zero-order chi connectivity index (χ0) is 19.8. The molecule has 0 aliphatic heterocycles. The van der Waals surface area contributed by atoms with Crippen LogP contribution in [0.5, 0.6) is 17.2 Å². The number of hydrogen-bond donors (Lipinski definition) is 1. The number of amides is 1. The minimum Gasteiger partial charge on any atom is -0.497 e. The quantitative estimate of drug-likeness (QED) is 0.569. The molecular formula is C21H26N2O4. The van der Waals surface area contributed by atoms with Crippen molar-refractivity contribution in [3.8, 4) is 17.2 Å². The molecule has 0 radical (unpaired) electrons.